The highest BCUT2D eigenvalue weighted by molar-refractivity contribution is 6.32. The summed E-state index contributed by atoms with van der Waals surface area (Å²) in [5.41, 5.74) is 0.770. The topological polar surface area (TPSA) is 56.8 Å². The van der Waals surface area contributed by atoms with E-state index in [9.17, 15) is 18.0 Å². The molecule has 0 saturated carbocycles. The van der Waals surface area contributed by atoms with Crippen molar-refractivity contribution in [1.82, 2.24) is 0 Å². The number of amides is 1. The molecule has 27 heavy (non-hydrogen) atoms. The van der Waals surface area contributed by atoms with Crippen LogP contribution in [0.3, 0.4) is 0 Å². The third-order valence-electron chi connectivity index (χ3n) is 3.58. The summed E-state index contributed by atoms with van der Waals surface area (Å²) in [5.74, 6) is 0.0577. The van der Waals surface area contributed by atoms with Crippen LogP contribution >= 0.6 is 11.6 Å². The molecule has 2 aromatic carbocycles. The minimum Gasteiger partial charge on any atom is -0.489 e. The third-order valence-corrected chi connectivity index (χ3v) is 3.86. The fraction of sp³-hybridized carbons (Fsp3) is 0.278. The molecule has 5 nitrogen and oxygen atoms in total. The highest BCUT2D eigenvalue weighted by Gasteiger charge is 2.31. The van der Waals surface area contributed by atoms with Crippen LogP contribution in [0, 0.1) is 0 Å². The number of fused-ring (bicyclic) bond motifs is 1. The Hall–Kier alpha value is -2.61. The molecule has 1 N–H and O–H groups in total. The van der Waals surface area contributed by atoms with Crippen LogP contribution in [0.5, 0.6) is 17.2 Å². The largest absolute Gasteiger partial charge is 0.573 e. The number of ether oxygens (including phenoxy) is 3. The first-order valence-electron chi connectivity index (χ1n) is 8.04. The summed E-state index contributed by atoms with van der Waals surface area (Å²) in [6, 6.07) is 8.30. The van der Waals surface area contributed by atoms with E-state index in [0.29, 0.717) is 35.3 Å². The van der Waals surface area contributed by atoms with Gasteiger partial charge in [-0.2, -0.15) is 0 Å². The number of hydrogen-bond donors (Lipinski definition) is 1. The molecule has 0 radical (unpaired) electrons. The maximum atomic E-state index is 12.3. The van der Waals surface area contributed by atoms with E-state index in [1.54, 1.807) is 12.1 Å². The fourth-order valence-electron chi connectivity index (χ4n) is 2.55. The molecule has 0 atom stereocenters. The summed E-state index contributed by atoms with van der Waals surface area (Å²) in [6.07, 6.45) is -4.12. The first-order valence-corrected chi connectivity index (χ1v) is 8.42. The van der Waals surface area contributed by atoms with E-state index in [-0.39, 0.29) is 12.1 Å². The summed E-state index contributed by atoms with van der Waals surface area (Å²) in [6.45, 7) is 0.966. The van der Waals surface area contributed by atoms with Gasteiger partial charge >= 0.3 is 6.36 Å². The monoisotopic (exact) mass is 401 g/mol. The maximum Gasteiger partial charge on any atom is 0.573 e. The standard InChI is InChI=1S/C18H15ClF3NO4/c19-14-7-11(8-15-17(14)26-6-2-5-25-15)9-16(24)23-12-3-1-4-13(10-12)27-18(20,21)22/h1,3-4,7-8,10H,2,5-6,9H2,(H,23,24). The molecule has 0 unspecified atom stereocenters. The van der Waals surface area contributed by atoms with Crippen molar-refractivity contribution in [2.75, 3.05) is 18.5 Å². The number of nitrogens with one attached hydrogen (secondary N) is 1. The van der Waals surface area contributed by atoms with E-state index in [0.717, 1.165) is 18.6 Å². The van der Waals surface area contributed by atoms with Crippen LogP contribution in [-0.2, 0) is 11.2 Å². The fourth-order valence-corrected chi connectivity index (χ4v) is 2.84. The molecule has 0 bridgehead atoms. The van der Waals surface area contributed by atoms with Crippen molar-refractivity contribution in [3.63, 3.8) is 0 Å². The zero-order valence-corrected chi connectivity index (χ0v) is 14.7. The quantitative estimate of drug-likeness (QED) is 0.814. The Morgan fingerprint density at radius 3 is 2.74 bits per heavy atom. The normalized spacial score (nSPS) is 13.6. The van der Waals surface area contributed by atoms with Crippen LogP contribution in [0.15, 0.2) is 36.4 Å². The van der Waals surface area contributed by atoms with Gasteiger partial charge in [-0.25, -0.2) is 0 Å². The number of hydrogen-bond acceptors (Lipinski definition) is 4. The second-order valence-corrected chi connectivity index (χ2v) is 6.16. The van der Waals surface area contributed by atoms with E-state index in [1.807, 2.05) is 0 Å². The molecule has 0 fully saturated rings. The highest BCUT2D eigenvalue weighted by Crippen LogP contribution is 2.38. The Morgan fingerprint density at radius 1 is 1.19 bits per heavy atom. The number of carbonyl (C=O) groups excluding carboxylic acids is 1. The third kappa shape index (κ3) is 5.43. The average molecular weight is 402 g/mol. The number of carbonyl (C=O) groups is 1. The predicted molar refractivity (Wildman–Crippen MR) is 92.5 cm³/mol. The van der Waals surface area contributed by atoms with Gasteiger partial charge in [0.05, 0.1) is 24.7 Å². The van der Waals surface area contributed by atoms with Gasteiger partial charge in [0.2, 0.25) is 5.91 Å². The Morgan fingerprint density at radius 2 is 1.96 bits per heavy atom. The van der Waals surface area contributed by atoms with E-state index in [1.165, 1.54) is 12.1 Å². The molecule has 2 aromatic rings. The number of anilines is 1. The van der Waals surface area contributed by atoms with Crippen molar-refractivity contribution < 1.29 is 32.2 Å². The molecule has 0 aliphatic carbocycles. The van der Waals surface area contributed by atoms with Crippen molar-refractivity contribution in [2.24, 2.45) is 0 Å². The van der Waals surface area contributed by atoms with Gasteiger partial charge < -0.3 is 19.5 Å². The molecule has 1 heterocycles. The molecule has 144 valence electrons. The van der Waals surface area contributed by atoms with E-state index in [4.69, 9.17) is 21.1 Å². The lowest BCUT2D eigenvalue weighted by Crippen LogP contribution is -2.18. The lowest BCUT2D eigenvalue weighted by atomic mass is 10.1. The average Bonchev–Trinajstić information content (AvgIpc) is 2.79. The van der Waals surface area contributed by atoms with Crippen LogP contribution in [0.25, 0.3) is 0 Å². The Labute approximate surface area is 158 Å². The summed E-state index contributed by atoms with van der Waals surface area (Å²) in [7, 11) is 0. The van der Waals surface area contributed by atoms with Crippen molar-refractivity contribution in [2.45, 2.75) is 19.2 Å². The highest BCUT2D eigenvalue weighted by atomic mass is 35.5. The van der Waals surface area contributed by atoms with E-state index >= 15 is 0 Å². The smallest absolute Gasteiger partial charge is 0.489 e. The Balaban J connectivity index is 1.69. The van der Waals surface area contributed by atoms with Gasteiger partial charge in [-0.15, -0.1) is 13.2 Å². The molecule has 0 saturated heterocycles. The summed E-state index contributed by atoms with van der Waals surface area (Å²) in [4.78, 5) is 12.2. The van der Waals surface area contributed by atoms with Gasteiger partial charge in [-0.1, -0.05) is 17.7 Å². The van der Waals surface area contributed by atoms with Crippen molar-refractivity contribution >= 4 is 23.2 Å². The van der Waals surface area contributed by atoms with Crippen LogP contribution in [0.4, 0.5) is 18.9 Å². The van der Waals surface area contributed by atoms with Gasteiger partial charge in [0.1, 0.15) is 5.75 Å². The molecule has 1 amide bonds. The molecule has 1 aliphatic heterocycles. The van der Waals surface area contributed by atoms with Gasteiger partial charge in [0, 0.05) is 18.2 Å². The van der Waals surface area contributed by atoms with Gasteiger partial charge in [0.15, 0.2) is 11.5 Å². The molecular weight excluding hydrogens is 387 g/mol. The minimum atomic E-state index is -4.80. The van der Waals surface area contributed by atoms with E-state index in [2.05, 4.69) is 10.1 Å². The second kappa shape index (κ2) is 7.96. The summed E-state index contributed by atoms with van der Waals surface area (Å²) in [5, 5.41) is 2.86. The summed E-state index contributed by atoms with van der Waals surface area (Å²) >= 11 is 6.19. The van der Waals surface area contributed by atoms with Gasteiger partial charge in [0.25, 0.3) is 0 Å². The summed E-state index contributed by atoms with van der Waals surface area (Å²) < 4.78 is 51.8. The molecule has 0 aromatic heterocycles. The van der Waals surface area contributed by atoms with Crippen LogP contribution in [0.1, 0.15) is 12.0 Å². The van der Waals surface area contributed by atoms with Crippen molar-refractivity contribution in [3.05, 3.63) is 47.0 Å². The number of rotatable bonds is 4. The molecule has 9 heteroatoms. The van der Waals surface area contributed by atoms with Crippen LogP contribution in [-0.4, -0.2) is 25.5 Å². The SMILES string of the molecule is O=C(Cc1cc(Cl)c2c(c1)OCCCO2)Nc1cccc(OC(F)(F)F)c1. The lowest BCUT2D eigenvalue weighted by Gasteiger charge is -2.12. The molecule has 0 spiro atoms. The first-order chi connectivity index (χ1) is 12.8. The zero-order valence-electron chi connectivity index (χ0n) is 13.9. The van der Waals surface area contributed by atoms with Crippen molar-refractivity contribution in [1.29, 1.82) is 0 Å². The molecule has 3 rings (SSSR count). The predicted octanol–water partition coefficient (Wildman–Crippen LogP) is 4.58. The van der Waals surface area contributed by atoms with Crippen LogP contribution < -0.4 is 19.5 Å². The Bertz CT molecular complexity index is 842. The van der Waals surface area contributed by atoms with E-state index < -0.39 is 18.0 Å². The Kier molecular flexibility index (Phi) is 5.65. The second-order valence-electron chi connectivity index (χ2n) is 5.76. The van der Waals surface area contributed by atoms with Gasteiger partial charge in [-0.05, 0) is 29.8 Å². The zero-order chi connectivity index (χ0) is 19.4. The maximum absolute atomic E-state index is 12.3. The molecule has 1 aliphatic rings. The molecular formula is C18H15ClF3NO4. The minimum absolute atomic E-state index is 0.0410. The lowest BCUT2D eigenvalue weighted by molar-refractivity contribution is -0.274. The van der Waals surface area contributed by atoms with Gasteiger partial charge in [-0.3, -0.25) is 4.79 Å². The first kappa shape index (κ1) is 19.2. The number of alkyl halides is 3. The number of halogens is 4. The van der Waals surface area contributed by atoms with Crippen LogP contribution in [0.2, 0.25) is 5.02 Å². The number of benzene rings is 2. The van der Waals surface area contributed by atoms with Crippen molar-refractivity contribution in [3.8, 4) is 17.2 Å².